The Labute approximate surface area is 270 Å². The Morgan fingerprint density at radius 2 is 1.47 bits per heavy atom. The molecule has 0 N–H and O–H groups in total. The number of aromatic nitrogens is 5. The monoisotopic (exact) mass is 604 g/mol. The van der Waals surface area contributed by atoms with Crippen molar-refractivity contribution in [2.24, 2.45) is 11.8 Å². The van der Waals surface area contributed by atoms with Gasteiger partial charge in [-0.3, -0.25) is 4.98 Å². The van der Waals surface area contributed by atoms with Crippen LogP contribution in [0.1, 0.15) is 138 Å². The van der Waals surface area contributed by atoms with Gasteiger partial charge in [-0.1, -0.05) is 95.9 Å². The number of tetrazole rings is 1. The third-order valence-electron chi connectivity index (χ3n) is 10.5. The second kappa shape index (κ2) is 11.5. The van der Waals surface area contributed by atoms with Gasteiger partial charge in [-0.2, -0.15) is 4.80 Å². The Kier molecular flexibility index (Phi) is 7.77. The molecule has 0 spiro atoms. The molecule has 3 aliphatic rings. The molecule has 6 nitrogen and oxygen atoms in total. The lowest BCUT2D eigenvalue weighted by atomic mass is 9.79. The number of anilines is 1. The normalized spacial score (nSPS) is 18.0. The molecule has 238 valence electrons. The van der Waals surface area contributed by atoms with Crippen molar-refractivity contribution in [3.63, 3.8) is 0 Å². The summed E-state index contributed by atoms with van der Waals surface area (Å²) in [4.78, 5) is 9.81. The minimum atomic E-state index is 0.0553. The summed E-state index contributed by atoms with van der Waals surface area (Å²) in [7, 11) is 0. The zero-order valence-electron chi connectivity index (χ0n) is 28.6. The van der Waals surface area contributed by atoms with Gasteiger partial charge in [0.05, 0.1) is 11.6 Å². The fourth-order valence-corrected chi connectivity index (χ4v) is 7.47. The van der Waals surface area contributed by atoms with Gasteiger partial charge in [0.25, 0.3) is 5.95 Å². The molecule has 0 saturated heterocycles. The Morgan fingerprint density at radius 1 is 0.822 bits per heavy atom. The Morgan fingerprint density at radius 3 is 2.07 bits per heavy atom. The van der Waals surface area contributed by atoms with E-state index in [1.54, 1.807) is 0 Å². The van der Waals surface area contributed by atoms with Crippen LogP contribution in [0.25, 0.3) is 10.9 Å². The Balaban J connectivity index is 1.33. The van der Waals surface area contributed by atoms with Crippen molar-refractivity contribution in [1.82, 2.24) is 25.2 Å². The first-order valence-corrected chi connectivity index (χ1v) is 17.5. The van der Waals surface area contributed by atoms with E-state index in [0.29, 0.717) is 12.0 Å². The largest absolute Gasteiger partial charge is 0.329 e. The number of fused-ring (bicyclic) bond motifs is 1. The second-order valence-electron chi connectivity index (χ2n) is 16.5. The number of rotatable bonds is 9. The fourth-order valence-electron chi connectivity index (χ4n) is 7.47. The fraction of sp³-hybridized carbons (Fsp3) is 0.590. The molecule has 0 atom stereocenters. The van der Waals surface area contributed by atoms with Crippen molar-refractivity contribution in [2.75, 3.05) is 4.90 Å². The van der Waals surface area contributed by atoms with Crippen LogP contribution in [0, 0.1) is 18.8 Å². The summed E-state index contributed by atoms with van der Waals surface area (Å²) in [6.07, 6.45) is 10.1. The van der Waals surface area contributed by atoms with Gasteiger partial charge < -0.3 is 4.90 Å². The van der Waals surface area contributed by atoms with E-state index in [9.17, 15) is 0 Å². The summed E-state index contributed by atoms with van der Waals surface area (Å²) >= 11 is 0. The number of pyridine rings is 1. The minimum absolute atomic E-state index is 0.0553. The molecule has 3 saturated carbocycles. The Bertz CT molecular complexity index is 1630. The lowest BCUT2D eigenvalue weighted by Crippen LogP contribution is -2.26. The van der Waals surface area contributed by atoms with Crippen LogP contribution in [0.15, 0.2) is 42.5 Å². The highest BCUT2D eigenvalue weighted by atomic mass is 15.6. The average Bonchev–Trinajstić information content (AvgIpc) is 3.89. The van der Waals surface area contributed by atoms with E-state index in [0.717, 1.165) is 49.2 Å². The predicted octanol–water partition coefficient (Wildman–Crippen LogP) is 9.35. The van der Waals surface area contributed by atoms with E-state index >= 15 is 0 Å². The SMILES string of the molecule is Cc1cccc2cc(CN(Cc3cc(C(C)(C)C)cc(C(C)(C)C)c3)c3nnn(C4CCCC4)n3)c(C(C3CC3)C3CC3)nc12. The zero-order valence-corrected chi connectivity index (χ0v) is 28.6. The molecule has 45 heavy (non-hydrogen) atoms. The lowest BCUT2D eigenvalue weighted by Gasteiger charge is -2.29. The van der Waals surface area contributed by atoms with Crippen LogP contribution in [0.5, 0.6) is 0 Å². The number of hydrogen-bond donors (Lipinski definition) is 0. The van der Waals surface area contributed by atoms with Gasteiger partial charge in [-0.15, -0.1) is 5.10 Å². The summed E-state index contributed by atoms with van der Waals surface area (Å²) in [6.45, 7) is 17.5. The zero-order chi connectivity index (χ0) is 31.5. The van der Waals surface area contributed by atoms with Gasteiger partial charge in [-0.05, 0) is 107 Å². The van der Waals surface area contributed by atoms with E-state index in [2.05, 4.69) is 101 Å². The van der Waals surface area contributed by atoms with Crippen LogP contribution in [-0.2, 0) is 23.9 Å². The number of benzene rings is 2. The maximum atomic E-state index is 5.52. The van der Waals surface area contributed by atoms with E-state index in [1.807, 2.05) is 4.80 Å². The Hall–Kier alpha value is -3.28. The number of nitrogens with zero attached hydrogens (tertiary/aromatic N) is 6. The summed E-state index contributed by atoms with van der Waals surface area (Å²) in [6, 6.07) is 16.6. The lowest BCUT2D eigenvalue weighted by molar-refractivity contribution is 0.404. The first kappa shape index (κ1) is 30.4. The van der Waals surface area contributed by atoms with Crippen molar-refractivity contribution >= 4 is 16.9 Å². The topological polar surface area (TPSA) is 59.7 Å². The van der Waals surface area contributed by atoms with Crippen LogP contribution in [0.4, 0.5) is 5.95 Å². The first-order chi connectivity index (χ1) is 21.4. The molecule has 6 heteroatoms. The van der Waals surface area contributed by atoms with Crippen molar-refractivity contribution in [3.8, 4) is 0 Å². The van der Waals surface area contributed by atoms with E-state index in [-0.39, 0.29) is 10.8 Å². The number of aryl methyl sites for hydroxylation is 1. The van der Waals surface area contributed by atoms with Gasteiger partial charge in [-0.25, -0.2) is 0 Å². The third-order valence-corrected chi connectivity index (χ3v) is 10.5. The molecule has 2 aromatic carbocycles. The highest BCUT2D eigenvalue weighted by Gasteiger charge is 2.44. The molecule has 0 aliphatic heterocycles. The molecule has 2 heterocycles. The predicted molar refractivity (Wildman–Crippen MR) is 184 cm³/mol. The highest BCUT2D eigenvalue weighted by Crippen LogP contribution is 2.55. The van der Waals surface area contributed by atoms with Crippen molar-refractivity contribution in [2.45, 2.75) is 136 Å². The van der Waals surface area contributed by atoms with Crippen LogP contribution in [0.3, 0.4) is 0 Å². The summed E-state index contributed by atoms with van der Waals surface area (Å²) in [5.41, 5.74) is 9.24. The van der Waals surface area contributed by atoms with Crippen molar-refractivity contribution in [3.05, 3.63) is 76.0 Å². The molecule has 3 fully saturated rings. The molecular weight excluding hydrogens is 552 g/mol. The molecular formula is C39H52N6. The number of para-hydroxylation sites is 1. The molecule has 0 bridgehead atoms. The van der Waals surface area contributed by atoms with E-state index in [4.69, 9.17) is 15.2 Å². The van der Waals surface area contributed by atoms with Crippen LogP contribution >= 0.6 is 0 Å². The van der Waals surface area contributed by atoms with Crippen molar-refractivity contribution in [1.29, 1.82) is 0 Å². The summed E-state index contributed by atoms with van der Waals surface area (Å²) < 4.78 is 0. The van der Waals surface area contributed by atoms with E-state index in [1.165, 1.54) is 77.4 Å². The molecule has 4 aromatic rings. The third kappa shape index (κ3) is 6.53. The van der Waals surface area contributed by atoms with Crippen molar-refractivity contribution < 1.29 is 0 Å². The second-order valence-corrected chi connectivity index (χ2v) is 16.5. The van der Waals surface area contributed by atoms with Gasteiger partial charge in [0, 0.05) is 30.1 Å². The molecule has 0 unspecified atom stereocenters. The average molecular weight is 605 g/mol. The summed E-state index contributed by atoms with van der Waals surface area (Å²) in [5, 5.41) is 15.7. The standard InChI is InChI=1S/C39H52N6/c1-25-11-10-12-29-21-30(36(40-35(25)29)34(27-15-16-27)28-17-18-28)24-44(37-41-43-45(42-37)33-13-8-9-14-33)23-26-19-31(38(2,3)4)22-32(20-26)39(5,6)7/h10-12,19-22,27-28,33-34H,8-9,13-18,23-24H2,1-7H3. The van der Waals surface area contributed by atoms with Gasteiger partial charge in [0.2, 0.25) is 0 Å². The molecule has 3 aliphatic carbocycles. The van der Waals surface area contributed by atoms with E-state index < -0.39 is 0 Å². The first-order valence-electron chi connectivity index (χ1n) is 17.5. The summed E-state index contributed by atoms with van der Waals surface area (Å²) in [5.74, 6) is 2.84. The number of hydrogen-bond acceptors (Lipinski definition) is 5. The highest BCUT2D eigenvalue weighted by molar-refractivity contribution is 5.82. The molecule has 7 rings (SSSR count). The van der Waals surface area contributed by atoms with Crippen LogP contribution < -0.4 is 4.90 Å². The maximum Gasteiger partial charge on any atom is 0.266 e. The van der Waals surface area contributed by atoms with Gasteiger partial charge in [0.1, 0.15) is 0 Å². The van der Waals surface area contributed by atoms with Gasteiger partial charge in [0.15, 0.2) is 0 Å². The minimum Gasteiger partial charge on any atom is -0.329 e. The quantitative estimate of drug-likeness (QED) is 0.190. The maximum absolute atomic E-state index is 5.52. The molecule has 0 radical (unpaired) electrons. The molecule has 0 amide bonds. The van der Waals surface area contributed by atoms with Crippen LogP contribution in [-0.4, -0.2) is 25.2 Å². The van der Waals surface area contributed by atoms with Crippen LogP contribution in [0.2, 0.25) is 0 Å². The van der Waals surface area contributed by atoms with Gasteiger partial charge >= 0.3 is 0 Å². The smallest absolute Gasteiger partial charge is 0.266 e. The molecule has 2 aromatic heterocycles.